The average Bonchev–Trinajstić information content (AvgIpc) is 2.42. The van der Waals surface area contributed by atoms with E-state index < -0.39 is 47.4 Å². The first kappa shape index (κ1) is 25.1. The van der Waals surface area contributed by atoms with Crippen LogP contribution in [0, 0.1) is 5.92 Å². The lowest BCUT2D eigenvalue weighted by Gasteiger charge is -2.18. The molecule has 13 heteroatoms. The van der Waals surface area contributed by atoms with Crippen LogP contribution in [0.2, 0.25) is 0 Å². The van der Waals surface area contributed by atoms with Crippen LogP contribution >= 0.6 is 15.6 Å². The fraction of sp³-hybridized carbons (Fsp3) is 1.00. The standard InChI is InChI=1S/C12H28O11P2/c1-10(2)22-24(14,15)20-8-18-6-12(5-13)7-19-9-21-25(16,17)23-11(3)4/h10-13H,5-9H2,1-4H3,(H,14,15)(H,16,17). The molecule has 11 nitrogen and oxygen atoms in total. The van der Waals surface area contributed by atoms with Gasteiger partial charge in [-0.05, 0) is 27.7 Å². The molecule has 0 aliphatic carbocycles. The van der Waals surface area contributed by atoms with Gasteiger partial charge in [0.15, 0.2) is 13.6 Å². The molecule has 2 atom stereocenters. The molecule has 0 aromatic heterocycles. The zero-order chi connectivity index (χ0) is 19.5. The Bertz CT molecular complexity index is 405. The van der Waals surface area contributed by atoms with Gasteiger partial charge in [0, 0.05) is 5.92 Å². The Kier molecular flexibility index (Phi) is 12.5. The highest BCUT2D eigenvalue weighted by Gasteiger charge is 2.24. The van der Waals surface area contributed by atoms with Gasteiger partial charge < -0.3 is 24.4 Å². The van der Waals surface area contributed by atoms with Gasteiger partial charge in [0.2, 0.25) is 0 Å². The van der Waals surface area contributed by atoms with Gasteiger partial charge in [-0.15, -0.1) is 0 Å². The quantitative estimate of drug-likeness (QED) is 0.205. The highest BCUT2D eigenvalue weighted by molar-refractivity contribution is 7.47. The second-order valence-corrected chi connectivity index (χ2v) is 8.34. The van der Waals surface area contributed by atoms with Crippen molar-refractivity contribution in [2.24, 2.45) is 5.92 Å². The van der Waals surface area contributed by atoms with Gasteiger partial charge in [-0.25, -0.2) is 9.13 Å². The van der Waals surface area contributed by atoms with Crippen molar-refractivity contribution in [2.75, 3.05) is 33.4 Å². The van der Waals surface area contributed by atoms with E-state index in [1.165, 1.54) is 0 Å². The first-order chi connectivity index (χ1) is 11.5. The van der Waals surface area contributed by atoms with Crippen molar-refractivity contribution in [2.45, 2.75) is 39.9 Å². The van der Waals surface area contributed by atoms with Gasteiger partial charge >= 0.3 is 15.6 Å². The number of ether oxygens (including phenoxy) is 2. The summed E-state index contributed by atoms with van der Waals surface area (Å²) in [6.45, 7) is 4.88. The van der Waals surface area contributed by atoms with Gasteiger partial charge in [-0.3, -0.25) is 18.1 Å². The monoisotopic (exact) mass is 410 g/mol. The summed E-state index contributed by atoms with van der Waals surface area (Å²) in [6.07, 6.45) is -0.979. The lowest BCUT2D eigenvalue weighted by atomic mass is 10.2. The van der Waals surface area contributed by atoms with Crippen LogP contribution in [-0.2, 0) is 36.7 Å². The number of aliphatic hydroxyl groups is 1. The maximum atomic E-state index is 11.4. The van der Waals surface area contributed by atoms with E-state index in [0.29, 0.717) is 0 Å². The van der Waals surface area contributed by atoms with E-state index in [4.69, 9.17) is 9.47 Å². The number of phosphoric acid groups is 2. The van der Waals surface area contributed by atoms with E-state index in [0.717, 1.165) is 0 Å². The van der Waals surface area contributed by atoms with Crippen molar-refractivity contribution in [3.63, 3.8) is 0 Å². The number of hydrogen-bond acceptors (Lipinski definition) is 9. The largest absolute Gasteiger partial charge is 0.474 e. The topological polar surface area (TPSA) is 150 Å². The molecule has 0 heterocycles. The molecule has 2 unspecified atom stereocenters. The molecule has 0 aliphatic rings. The number of rotatable bonds is 15. The first-order valence-electron chi connectivity index (χ1n) is 7.55. The van der Waals surface area contributed by atoms with Crippen molar-refractivity contribution in [3.8, 4) is 0 Å². The molecule has 0 aromatic carbocycles. The lowest BCUT2D eigenvalue weighted by Crippen LogP contribution is -2.21. The van der Waals surface area contributed by atoms with Gasteiger partial charge in [0.25, 0.3) is 0 Å². The Labute approximate surface area is 147 Å². The summed E-state index contributed by atoms with van der Waals surface area (Å²) < 4.78 is 51.3. The highest BCUT2D eigenvalue weighted by atomic mass is 31.2. The van der Waals surface area contributed by atoms with Crippen molar-refractivity contribution < 1.29 is 51.6 Å². The summed E-state index contributed by atoms with van der Waals surface area (Å²) in [7, 11) is -8.37. The zero-order valence-corrected chi connectivity index (χ0v) is 16.6. The van der Waals surface area contributed by atoms with Gasteiger partial charge in [-0.2, -0.15) is 0 Å². The normalized spacial score (nSPS) is 18.3. The van der Waals surface area contributed by atoms with Crippen LogP contribution in [0.5, 0.6) is 0 Å². The fourth-order valence-electron chi connectivity index (χ4n) is 1.38. The molecular weight excluding hydrogens is 382 g/mol. The number of phosphoric ester groups is 2. The van der Waals surface area contributed by atoms with Crippen LogP contribution in [-0.4, -0.2) is 60.5 Å². The molecule has 3 N–H and O–H groups in total. The second-order valence-electron chi connectivity index (χ2n) is 5.53. The Morgan fingerprint density at radius 1 is 0.800 bits per heavy atom. The van der Waals surface area contributed by atoms with Crippen LogP contribution in [0.3, 0.4) is 0 Å². The molecule has 0 fully saturated rings. The summed E-state index contributed by atoms with van der Waals surface area (Å²) in [5.41, 5.74) is 0. The lowest BCUT2D eigenvalue weighted by molar-refractivity contribution is -0.0672. The summed E-state index contributed by atoms with van der Waals surface area (Å²) in [5.74, 6) is -0.500. The molecule has 0 aromatic rings. The highest BCUT2D eigenvalue weighted by Crippen LogP contribution is 2.45. The van der Waals surface area contributed by atoms with Crippen molar-refractivity contribution in [1.29, 1.82) is 0 Å². The molecule has 0 saturated carbocycles. The minimum Gasteiger partial charge on any atom is -0.396 e. The van der Waals surface area contributed by atoms with Crippen LogP contribution in [0.15, 0.2) is 0 Å². The molecular formula is C12H28O11P2. The van der Waals surface area contributed by atoms with E-state index in [1.807, 2.05) is 0 Å². The Morgan fingerprint density at radius 2 is 1.16 bits per heavy atom. The third-order valence-electron chi connectivity index (χ3n) is 2.25. The van der Waals surface area contributed by atoms with Crippen molar-refractivity contribution in [3.05, 3.63) is 0 Å². The van der Waals surface area contributed by atoms with E-state index >= 15 is 0 Å². The maximum Gasteiger partial charge on any atom is 0.474 e. The van der Waals surface area contributed by atoms with Crippen LogP contribution in [0.1, 0.15) is 27.7 Å². The van der Waals surface area contributed by atoms with Crippen molar-refractivity contribution >= 4 is 15.6 Å². The molecule has 0 rings (SSSR count). The minimum absolute atomic E-state index is 0.0442. The number of aliphatic hydroxyl groups excluding tert-OH is 1. The van der Waals surface area contributed by atoms with E-state index in [2.05, 4.69) is 18.1 Å². The minimum atomic E-state index is -4.19. The van der Waals surface area contributed by atoms with Gasteiger partial charge in [-0.1, -0.05) is 0 Å². The number of hydrogen-bond donors (Lipinski definition) is 3. The summed E-state index contributed by atoms with van der Waals surface area (Å²) >= 11 is 0. The van der Waals surface area contributed by atoms with E-state index in [9.17, 15) is 24.0 Å². The van der Waals surface area contributed by atoms with E-state index in [-0.39, 0.29) is 19.8 Å². The van der Waals surface area contributed by atoms with Crippen molar-refractivity contribution in [1.82, 2.24) is 0 Å². The SMILES string of the molecule is CC(C)OP(=O)(O)OCOCC(CO)COCOP(=O)(O)OC(C)C. The molecule has 0 radical (unpaired) electrons. The molecule has 0 bridgehead atoms. The predicted octanol–water partition coefficient (Wildman–Crippen LogP) is 1.63. The third-order valence-corrected chi connectivity index (χ3v) is 4.49. The second kappa shape index (κ2) is 12.5. The first-order valence-corrected chi connectivity index (χ1v) is 10.5. The summed E-state index contributed by atoms with van der Waals surface area (Å²) in [5, 5.41) is 9.18. The van der Waals surface area contributed by atoms with Crippen LogP contribution in [0.25, 0.3) is 0 Å². The van der Waals surface area contributed by atoms with E-state index in [1.54, 1.807) is 27.7 Å². The Morgan fingerprint density at radius 3 is 1.44 bits per heavy atom. The predicted molar refractivity (Wildman–Crippen MR) is 86.5 cm³/mol. The maximum absolute atomic E-state index is 11.4. The van der Waals surface area contributed by atoms with Gasteiger partial charge in [0.05, 0.1) is 32.0 Å². The van der Waals surface area contributed by atoms with Gasteiger partial charge in [0.1, 0.15) is 0 Å². The molecule has 0 spiro atoms. The molecule has 0 saturated heterocycles. The fourth-order valence-corrected chi connectivity index (χ4v) is 2.99. The summed E-state index contributed by atoms with van der Waals surface area (Å²) in [6, 6.07) is 0. The Balaban J connectivity index is 3.93. The Hall–Kier alpha value is 0.1000. The average molecular weight is 410 g/mol. The molecule has 0 amide bonds. The third kappa shape index (κ3) is 14.9. The molecule has 25 heavy (non-hydrogen) atoms. The smallest absolute Gasteiger partial charge is 0.396 e. The molecule has 152 valence electrons. The van der Waals surface area contributed by atoms with Crippen LogP contribution in [0.4, 0.5) is 0 Å². The van der Waals surface area contributed by atoms with Crippen LogP contribution < -0.4 is 0 Å². The summed E-state index contributed by atoms with van der Waals surface area (Å²) in [4.78, 5) is 18.6. The zero-order valence-electron chi connectivity index (χ0n) is 14.8. The molecule has 0 aliphatic heterocycles.